The normalized spacial score (nSPS) is 20.3. The second-order valence-corrected chi connectivity index (χ2v) is 8.47. The molecule has 3 N–H and O–H groups in total. The summed E-state index contributed by atoms with van der Waals surface area (Å²) in [5, 5.41) is 16.6. The smallest absolute Gasteiger partial charge is 0.254 e. The summed E-state index contributed by atoms with van der Waals surface area (Å²) >= 11 is 6.11. The molecule has 1 aromatic carbocycles. The number of hydrogen-bond acceptors (Lipinski definition) is 4. The van der Waals surface area contributed by atoms with E-state index in [-0.39, 0.29) is 30.2 Å². The van der Waals surface area contributed by atoms with Gasteiger partial charge in [-0.2, -0.15) is 0 Å². The third-order valence-electron chi connectivity index (χ3n) is 5.24. The number of aryl methyl sites for hydroxylation is 2. The number of carbonyl (C=O) groups is 3. The predicted molar refractivity (Wildman–Crippen MR) is 112 cm³/mol. The lowest BCUT2D eigenvalue weighted by molar-refractivity contribution is -0.130. The number of β-amino-alcohol motifs (C(OH)–C–C–N with tert-alkyl or cyclic N) is 1. The van der Waals surface area contributed by atoms with Gasteiger partial charge in [-0.25, -0.2) is 0 Å². The number of hydrogen-bond donors (Lipinski definition) is 3. The fourth-order valence-corrected chi connectivity index (χ4v) is 3.71. The molecule has 3 unspecified atom stereocenters. The van der Waals surface area contributed by atoms with E-state index in [9.17, 15) is 19.5 Å². The van der Waals surface area contributed by atoms with E-state index < -0.39 is 18.2 Å². The first-order chi connectivity index (χ1) is 13.5. The van der Waals surface area contributed by atoms with Gasteiger partial charge in [0, 0.05) is 30.6 Å². The van der Waals surface area contributed by atoms with Gasteiger partial charge in [-0.3, -0.25) is 14.4 Å². The van der Waals surface area contributed by atoms with E-state index >= 15 is 0 Å². The molecule has 2 rings (SSSR count). The Morgan fingerprint density at radius 1 is 1.21 bits per heavy atom. The van der Waals surface area contributed by atoms with Crippen molar-refractivity contribution in [2.45, 2.75) is 59.2 Å². The van der Waals surface area contributed by atoms with Gasteiger partial charge < -0.3 is 20.6 Å². The van der Waals surface area contributed by atoms with Crippen LogP contribution in [-0.4, -0.2) is 59.0 Å². The Morgan fingerprint density at radius 3 is 2.41 bits per heavy atom. The summed E-state index contributed by atoms with van der Waals surface area (Å²) in [5.74, 6) is -0.866. The number of nitrogens with one attached hydrogen (secondary N) is 2. The molecule has 0 spiro atoms. The van der Waals surface area contributed by atoms with Crippen LogP contribution in [0.5, 0.6) is 0 Å². The van der Waals surface area contributed by atoms with E-state index in [0.29, 0.717) is 23.6 Å². The first-order valence-corrected chi connectivity index (χ1v) is 10.2. The number of likely N-dealkylation sites (tertiary alicyclic amines) is 1. The fraction of sp³-hybridized carbons (Fsp3) is 0.571. The van der Waals surface area contributed by atoms with Crippen LogP contribution < -0.4 is 10.6 Å². The molecular weight excluding hydrogens is 394 g/mol. The van der Waals surface area contributed by atoms with Gasteiger partial charge >= 0.3 is 0 Å². The van der Waals surface area contributed by atoms with E-state index in [1.165, 1.54) is 6.92 Å². The third kappa shape index (κ3) is 5.70. The van der Waals surface area contributed by atoms with Crippen LogP contribution in [0, 0.1) is 19.8 Å². The Labute approximate surface area is 176 Å². The van der Waals surface area contributed by atoms with Crippen LogP contribution in [0.15, 0.2) is 12.1 Å². The third-order valence-corrected chi connectivity index (χ3v) is 5.65. The number of piperidine rings is 1. The highest BCUT2D eigenvalue weighted by Gasteiger charge is 2.34. The summed E-state index contributed by atoms with van der Waals surface area (Å²) in [4.78, 5) is 38.4. The highest BCUT2D eigenvalue weighted by Crippen LogP contribution is 2.23. The standard InChI is InChI=1S/C21H30ClN3O4/c1-11(2)19(23-14(5)26)20(28)24-17-6-7-25(10-18(17)27)21(29)15-8-13(4)16(22)9-12(15)3/h8-9,11,17-19,27H,6-7,10H2,1-5H3,(H,23,26)(H,24,28). The molecule has 1 aliphatic heterocycles. The molecule has 0 saturated carbocycles. The van der Waals surface area contributed by atoms with Crippen LogP contribution in [0.4, 0.5) is 0 Å². The molecule has 7 nitrogen and oxygen atoms in total. The van der Waals surface area contributed by atoms with Gasteiger partial charge in [0.25, 0.3) is 5.91 Å². The summed E-state index contributed by atoms with van der Waals surface area (Å²) in [6.45, 7) is 9.25. The van der Waals surface area contributed by atoms with Crippen molar-refractivity contribution in [1.82, 2.24) is 15.5 Å². The van der Waals surface area contributed by atoms with Crippen molar-refractivity contribution < 1.29 is 19.5 Å². The molecule has 1 heterocycles. The van der Waals surface area contributed by atoms with Crippen molar-refractivity contribution in [2.75, 3.05) is 13.1 Å². The Hall–Kier alpha value is -2.12. The molecule has 160 valence electrons. The first kappa shape index (κ1) is 23.2. The van der Waals surface area contributed by atoms with E-state index in [2.05, 4.69) is 10.6 Å². The van der Waals surface area contributed by atoms with Crippen LogP contribution >= 0.6 is 11.6 Å². The number of nitrogens with zero attached hydrogens (tertiary/aromatic N) is 1. The maximum Gasteiger partial charge on any atom is 0.254 e. The summed E-state index contributed by atoms with van der Waals surface area (Å²) in [5.41, 5.74) is 2.17. The maximum absolute atomic E-state index is 12.9. The summed E-state index contributed by atoms with van der Waals surface area (Å²) in [6, 6.07) is 2.39. The number of benzene rings is 1. The highest BCUT2D eigenvalue weighted by atomic mass is 35.5. The van der Waals surface area contributed by atoms with Gasteiger partial charge in [-0.05, 0) is 49.4 Å². The SMILES string of the molecule is CC(=O)NC(C(=O)NC1CCN(C(=O)c2cc(C)c(Cl)cc2C)CC1O)C(C)C. The number of carbonyl (C=O) groups excluding carboxylic acids is 3. The lowest BCUT2D eigenvalue weighted by Gasteiger charge is -2.37. The van der Waals surface area contributed by atoms with E-state index in [1.54, 1.807) is 17.0 Å². The van der Waals surface area contributed by atoms with Gasteiger partial charge in [0.15, 0.2) is 0 Å². The number of aliphatic hydroxyl groups is 1. The van der Waals surface area contributed by atoms with Gasteiger partial charge in [0.1, 0.15) is 6.04 Å². The number of rotatable bonds is 5. The second-order valence-electron chi connectivity index (χ2n) is 8.06. The molecule has 1 saturated heterocycles. The number of aliphatic hydroxyl groups excluding tert-OH is 1. The zero-order valence-corrected chi connectivity index (χ0v) is 18.3. The first-order valence-electron chi connectivity index (χ1n) is 9.82. The minimum Gasteiger partial charge on any atom is -0.389 e. The zero-order chi connectivity index (χ0) is 21.9. The molecule has 0 bridgehead atoms. The monoisotopic (exact) mass is 423 g/mol. The van der Waals surface area contributed by atoms with E-state index in [1.807, 2.05) is 27.7 Å². The van der Waals surface area contributed by atoms with Crippen LogP contribution in [0.1, 0.15) is 48.7 Å². The Bertz CT molecular complexity index is 796. The Balaban J connectivity index is 2.03. The number of halogens is 1. The number of amides is 3. The molecule has 8 heteroatoms. The molecule has 3 atom stereocenters. The fourth-order valence-electron chi connectivity index (χ4n) is 3.49. The van der Waals surface area contributed by atoms with Gasteiger partial charge in [-0.1, -0.05) is 25.4 Å². The highest BCUT2D eigenvalue weighted by molar-refractivity contribution is 6.31. The Morgan fingerprint density at radius 2 is 1.86 bits per heavy atom. The average Bonchev–Trinajstić information content (AvgIpc) is 2.63. The van der Waals surface area contributed by atoms with Crippen molar-refractivity contribution >= 4 is 29.3 Å². The van der Waals surface area contributed by atoms with Crippen molar-refractivity contribution in [3.05, 3.63) is 33.8 Å². The summed E-state index contributed by atoms with van der Waals surface area (Å²) in [7, 11) is 0. The van der Waals surface area contributed by atoms with Crippen molar-refractivity contribution in [2.24, 2.45) is 5.92 Å². The predicted octanol–water partition coefficient (Wildman–Crippen LogP) is 1.81. The zero-order valence-electron chi connectivity index (χ0n) is 17.6. The van der Waals surface area contributed by atoms with Crippen molar-refractivity contribution in [1.29, 1.82) is 0 Å². The largest absolute Gasteiger partial charge is 0.389 e. The summed E-state index contributed by atoms with van der Waals surface area (Å²) in [6.07, 6.45) is -0.467. The minimum absolute atomic E-state index is 0.0890. The van der Waals surface area contributed by atoms with Crippen LogP contribution in [0.3, 0.4) is 0 Å². The Kier molecular flexibility index (Phi) is 7.66. The van der Waals surface area contributed by atoms with Crippen LogP contribution in [-0.2, 0) is 9.59 Å². The molecule has 0 aliphatic carbocycles. The molecule has 1 aromatic rings. The van der Waals surface area contributed by atoms with E-state index in [4.69, 9.17) is 11.6 Å². The molecule has 0 radical (unpaired) electrons. The second kappa shape index (κ2) is 9.59. The molecule has 0 aromatic heterocycles. The topological polar surface area (TPSA) is 98.7 Å². The average molecular weight is 424 g/mol. The van der Waals surface area contributed by atoms with Gasteiger partial charge in [0.2, 0.25) is 11.8 Å². The van der Waals surface area contributed by atoms with Gasteiger partial charge in [0.05, 0.1) is 12.1 Å². The molecule has 3 amide bonds. The quantitative estimate of drug-likeness (QED) is 0.672. The molecule has 1 fully saturated rings. The molecule has 1 aliphatic rings. The van der Waals surface area contributed by atoms with Crippen molar-refractivity contribution in [3.8, 4) is 0 Å². The summed E-state index contributed by atoms with van der Waals surface area (Å²) < 4.78 is 0. The molecule has 29 heavy (non-hydrogen) atoms. The van der Waals surface area contributed by atoms with E-state index in [0.717, 1.165) is 11.1 Å². The van der Waals surface area contributed by atoms with Gasteiger partial charge in [-0.15, -0.1) is 0 Å². The lowest BCUT2D eigenvalue weighted by atomic mass is 9.97. The molecular formula is C21H30ClN3O4. The van der Waals surface area contributed by atoms with Crippen molar-refractivity contribution in [3.63, 3.8) is 0 Å². The lowest BCUT2D eigenvalue weighted by Crippen LogP contribution is -2.59. The minimum atomic E-state index is -0.893. The van der Waals surface area contributed by atoms with Crippen LogP contribution in [0.2, 0.25) is 5.02 Å². The maximum atomic E-state index is 12.9. The van der Waals surface area contributed by atoms with Crippen LogP contribution in [0.25, 0.3) is 0 Å².